The van der Waals surface area contributed by atoms with Crippen LogP contribution in [0.5, 0.6) is 0 Å². The number of benzene rings is 1. The molecule has 29 heavy (non-hydrogen) atoms. The number of nitrogens with zero attached hydrogens (tertiary/aromatic N) is 3. The SMILES string of the molecule is Cc1nc2cc(=O)[nH]n2c(C)c1CCC(=O)N1CCC(O)(c2ccccc2)CC1. The summed E-state index contributed by atoms with van der Waals surface area (Å²) in [5.41, 5.74) is 3.18. The van der Waals surface area contributed by atoms with Crippen LogP contribution in [0.3, 0.4) is 0 Å². The van der Waals surface area contributed by atoms with Crippen molar-refractivity contribution in [3.63, 3.8) is 0 Å². The highest BCUT2D eigenvalue weighted by molar-refractivity contribution is 5.76. The van der Waals surface area contributed by atoms with Crippen molar-refractivity contribution in [2.24, 2.45) is 0 Å². The van der Waals surface area contributed by atoms with E-state index in [4.69, 9.17) is 0 Å². The van der Waals surface area contributed by atoms with Crippen LogP contribution in [0.25, 0.3) is 5.65 Å². The van der Waals surface area contributed by atoms with Crippen LogP contribution in [-0.2, 0) is 16.8 Å². The van der Waals surface area contributed by atoms with Gasteiger partial charge in [0.1, 0.15) is 0 Å². The first kappa shape index (κ1) is 19.4. The van der Waals surface area contributed by atoms with Gasteiger partial charge in [-0.3, -0.25) is 14.7 Å². The van der Waals surface area contributed by atoms with Crippen molar-refractivity contribution < 1.29 is 9.90 Å². The van der Waals surface area contributed by atoms with Crippen molar-refractivity contribution >= 4 is 11.6 Å². The average Bonchev–Trinajstić information content (AvgIpc) is 3.09. The predicted molar refractivity (Wildman–Crippen MR) is 110 cm³/mol. The van der Waals surface area contributed by atoms with Crippen molar-refractivity contribution in [1.29, 1.82) is 0 Å². The number of fused-ring (bicyclic) bond motifs is 1. The van der Waals surface area contributed by atoms with Crippen LogP contribution < -0.4 is 5.56 Å². The molecule has 0 spiro atoms. The summed E-state index contributed by atoms with van der Waals surface area (Å²) < 4.78 is 1.68. The van der Waals surface area contributed by atoms with Gasteiger partial charge in [0, 0.05) is 37.0 Å². The van der Waals surface area contributed by atoms with Gasteiger partial charge in [-0.2, -0.15) is 0 Å². The number of likely N-dealkylation sites (tertiary alicyclic amines) is 1. The highest BCUT2D eigenvalue weighted by atomic mass is 16.3. The third-order valence-corrected chi connectivity index (χ3v) is 6.05. The molecule has 1 aliphatic heterocycles. The molecule has 7 nitrogen and oxygen atoms in total. The lowest BCUT2D eigenvalue weighted by molar-refractivity contribution is -0.135. The van der Waals surface area contributed by atoms with E-state index in [0.717, 1.165) is 22.5 Å². The minimum atomic E-state index is -0.861. The molecule has 152 valence electrons. The van der Waals surface area contributed by atoms with E-state index in [9.17, 15) is 14.7 Å². The Bertz CT molecular complexity index is 1090. The van der Waals surface area contributed by atoms with E-state index >= 15 is 0 Å². The van der Waals surface area contributed by atoms with Crippen molar-refractivity contribution in [3.05, 3.63) is 69.3 Å². The number of hydrogen-bond acceptors (Lipinski definition) is 4. The number of carbonyl (C=O) groups excluding carboxylic acids is 1. The zero-order chi connectivity index (χ0) is 20.6. The summed E-state index contributed by atoms with van der Waals surface area (Å²) in [6, 6.07) is 11.1. The van der Waals surface area contributed by atoms with E-state index in [2.05, 4.69) is 10.1 Å². The molecular weight excluding hydrogens is 368 g/mol. The highest BCUT2D eigenvalue weighted by Crippen LogP contribution is 2.32. The number of aliphatic hydroxyl groups is 1. The summed E-state index contributed by atoms with van der Waals surface area (Å²) >= 11 is 0. The van der Waals surface area contributed by atoms with Gasteiger partial charge in [0.05, 0.1) is 5.60 Å². The zero-order valence-corrected chi connectivity index (χ0v) is 16.8. The molecule has 1 fully saturated rings. The second-order valence-corrected chi connectivity index (χ2v) is 7.85. The van der Waals surface area contributed by atoms with Gasteiger partial charge in [0.2, 0.25) is 5.91 Å². The quantitative estimate of drug-likeness (QED) is 0.709. The Morgan fingerprint density at radius 2 is 1.90 bits per heavy atom. The van der Waals surface area contributed by atoms with E-state index in [0.29, 0.717) is 44.4 Å². The van der Waals surface area contributed by atoms with E-state index in [1.165, 1.54) is 6.07 Å². The predicted octanol–water partition coefficient (Wildman–Crippen LogP) is 2.08. The molecule has 2 N–H and O–H groups in total. The molecule has 1 saturated heterocycles. The number of aromatic amines is 1. The van der Waals surface area contributed by atoms with Crippen molar-refractivity contribution in [3.8, 4) is 0 Å². The van der Waals surface area contributed by atoms with Crippen LogP contribution >= 0.6 is 0 Å². The van der Waals surface area contributed by atoms with E-state index in [1.54, 1.807) is 4.52 Å². The number of piperidine rings is 1. The van der Waals surface area contributed by atoms with Crippen LogP contribution in [0.2, 0.25) is 0 Å². The summed E-state index contributed by atoms with van der Waals surface area (Å²) in [6.07, 6.45) is 2.03. The molecule has 0 unspecified atom stereocenters. The number of carbonyl (C=O) groups is 1. The minimum Gasteiger partial charge on any atom is -0.385 e. The fourth-order valence-corrected chi connectivity index (χ4v) is 4.27. The molecule has 3 aromatic rings. The second-order valence-electron chi connectivity index (χ2n) is 7.85. The Morgan fingerprint density at radius 3 is 2.59 bits per heavy atom. The summed E-state index contributed by atoms with van der Waals surface area (Å²) in [5.74, 6) is 0.0833. The molecule has 3 heterocycles. The van der Waals surface area contributed by atoms with Gasteiger partial charge >= 0.3 is 0 Å². The first-order chi connectivity index (χ1) is 13.9. The molecule has 0 bridgehead atoms. The molecule has 7 heteroatoms. The Hall–Kier alpha value is -2.93. The number of H-pyrrole nitrogens is 1. The van der Waals surface area contributed by atoms with Crippen LogP contribution in [0.1, 0.15) is 41.8 Å². The maximum Gasteiger partial charge on any atom is 0.266 e. The molecule has 1 amide bonds. The molecule has 0 radical (unpaired) electrons. The van der Waals surface area contributed by atoms with Gasteiger partial charge in [0.25, 0.3) is 5.56 Å². The summed E-state index contributed by atoms with van der Waals surface area (Å²) in [5, 5.41) is 13.7. The fraction of sp³-hybridized carbons (Fsp3) is 0.409. The van der Waals surface area contributed by atoms with Crippen LogP contribution in [0.15, 0.2) is 41.2 Å². The Kier molecular flexibility index (Phi) is 5.00. The standard InChI is InChI=1S/C22H26N4O3/c1-15-18(16(2)26-19(23-15)14-20(27)24-26)8-9-21(28)25-12-10-22(29,11-13-25)17-6-4-3-5-7-17/h3-7,14,29H,8-13H2,1-2H3,(H,24,27). The van der Waals surface area contributed by atoms with Crippen molar-refractivity contribution in [1.82, 2.24) is 19.5 Å². The number of amides is 1. The molecule has 4 rings (SSSR count). The van der Waals surface area contributed by atoms with Crippen LogP contribution in [0, 0.1) is 13.8 Å². The first-order valence-corrected chi connectivity index (χ1v) is 10.0. The maximum atomic E-state index is 12.8. The number of rotatable bonds is 4. The maximum absolute atomic E-state index is 12.8. The Labute approximate surface area is 169 Å². The van der Waals surface area contributed by atoms with Crippen molar-refractivity contribution in [2.45, 2.75) is 45.1 Å². The van der Waals surface area contributed by atoms with Crippen molar-refractivity contribution in [2.75, 3.05) is 13.1 Å². The van der Waals surface area contributed by atoms with Gasteiger partial charge < -0.3 is 10.0 Å². The lowest BCUT2D eigenvalue weighted by Crippen LogP contribution is -2.45. The number of aromatic nitrogens is 3. The number of hydrogen-bond donors (Lipinski definition) is 2. The van der Waals surface area contributed by atoms with E-state index in [1.807, 2.05) is 49.1 Å². The number of nitrogens with one attached hydrogen (secondary N) is 1. The lowest BCUT2D eigenvalue weighted by Gasteiger charge is -2.38. The van der Waals surface area contributed by atoms with Crippen LogP contribution in [-0.4, -0.2) is 43.6 Å². The molecular formula is C22H26N4O3. The average molecular weight is 394 g/mol. The van der Waals surface area contributed by atoms with Gasteiger partial charge in [-0.25, -0.2) is 9.50 Å². The zero-order valence-electron chi connectivity index (χ0n) is 16.8. The van der Waals surface area contributed by atoms with Gasteiger partial charge in [-0.1, -0.05) is 30.3 Å². The van der Waals surface area contributed by atoms with Gasteiger partial charge in [-0.15, -0.1) is 0 Å². The topological polar surface area (TPSA) is 90.7 Å². The monoisotopic (exact) mass is 394 g/mol. The Morgan fingerprint density at radius 1 is 1.21 bits per heavy atom. The molecule has 2 aromatic heterocycles. The summed E-state index contributed by atoms with van der Waals surface area (Å²) in [7, 11) is 0. The highest BCUT2D eigenvalue weighted by Gasteiger charge is 2.35. The third kappa shape index (κ3) is 3.70. The molecule has 0 atom stereocenters. The first-order valence-electron chi connectivity index (χ1n) is 10.0. The Balaban J connectivity index is 1.41. The summed E-state index contributed by atoms with van der Waals surface area (Å²) in [6.45, 7) is 4.93. The van der Waals surface area contributed by atoms with Gasteiger partial charge in [0.15, 0.2) is 5.65 Å². The van der Waals surface area contributed by atoms with E-state index in [-0.39, 0.29) is 11.5 Å². The summed E-state index contributed by atoms with van der Waals surface area (Å²) in [4.78, 5) is 30.7. The minimum absolute atomic E-state index is 0.0833. The van der Waals surface area contributed by atoms with Gasteiger partial charge in [-0.05, 0) is 44.2 Å². The fourth-order valence-electron chi connectivity index (χ4n) is 4.27. The number of aryl methyl sites for hydroxylation is 2. The smallest absolute Gasteiger partial charge is 0.266 e. The third-order valence-electron chi connectivity index (χ3n) is 6.05. The lowest BCUT2D eigenvalue weighted by atomic mass is 9.84. The normalized spacial score (nSPS) is 16.3. The molecule has 0 saturated carbocycles. The molecule has 1 aromatic carbocycles. The van der Waals surface area contributed by atoms with Crippen LogP contribution in [0.4, 0.5) is 0 Å². The second kappa shape index (κ2) is 7.48. The molecule has 1 aliphatic rings. The largest absolute Gasteiger partial charge is 0.385 e. The molecule has 0 aliphatic carbocycles. The van der Waals surface area contributed by atoms with E-state index < -0.39 is 5.60 Å².